The molecule has 0 fully saturated rings. The number of hydrogen-bond donors (Lipinski definition) is 3. The lowest BCUT2D eigenvalue weighted by atomic mass is 10.1. The van der Waals surface area contributed by atoms with Crippen LogP contribution in [0, 0.1) is 5.82 Å². The van der Waals surface area contributed by atoms with Crippen LogP contribution in [0.4, 0.5) is 13.2 Å². The maximum Gasteiger partial charge on any atom is 0.387 e. The molecule has 2 rings (SSSR count). The van der Waals surface area contributed by atoms with Gasteiger partial charge in [-0.1, -0.05) is 24.3 Å². The number of aliphatic hydroxyl groups excluding tert-OH is 1. The van der Waals surface area contributed by atoms with E-state index in [-0.39, 0.29) is 18.1 Å². The van der Waals surface area contributed by atoms with Crippen LogP contribution >= 0.6 is 0 Å². The minimum atomic E-state index is -2.88. The Kier molecular flexibility index (Phi) is 9.30. The van der Waals surface area contributed by atoms with Crippen molar-refractivity contribution < 1.29 is 23.0 Å². The molecule has 0 aromatic heterocycles. The van der Waals surface area contributed by atoms with E-state index < -0.39 is 12.7 Å². The van der Waals surface area contributed by atoms with Crippen molar-refractivity contribution >= 4 is 5.96 Å². The molecule has 3 N–H and O–H groups in total. The molecule has 0 radical (unpaired) electrons. The van der Waals surface area contributed by atoms with Gasteiger partial charge in [-0.25, -0.2) is 4.39 Å². The van der Waals surface area contributed by atoms with Gasteiger partial charge in [-0.05, 0) is 55.2 Å². The number of nitrogens with zero attached hydrogens (tertiary/aromatic N) is 1. The van der Waals surface area contributed by atoms with Crippen molar-refractivity contribution in [1.29, 1.82) is 0 Å². The zero-order chi connectivity index (χ0) is 21.1. The van der Waals surface area contributed by atoms with Crippen LogP contribution in [0.25, 0.3) is 0 Å². The first-order valence-corrected chi connectivity index (χ1v) is 9.47. The van der Waals surface area contributed by atoms with E-state index in [2.05, 4.69) is 20.4 Å². The van der Waals surface area contributed by atoms with E-state index in [4.69, 9.17) is 0 Å². The van der Waals surface area contributed by atoms with Gasteiger partial charge in [0.05, 0.1) is 12.6 Å². The second-order valence-electron chi connectivity index (χ2n) is 6.34. The van der Waals surface area contributed by atoms with Gasteiger partial charge in [-0.3, -0.25) is 4.99 Å². The number of alkyl halides is 2. The van der Waals surface area contributed by atoms with Crippen LogP contribution in [-0.2, 0) is 6.42 Å². The minimum Gasteiger partial charge on any atom is -0.435 e. The number of ether oxygens (including phenoxy) is 1. The van der Waals surface area contributed by atoms with E-state index in [0.717, 1.165) is 18.4 Å². The molecule has 0 aliphatic carbocycles. The van der Waals surface area contributed by atoms with Crippen LogP contribution < -0.4 is 15.4 Å². The number of nitrogens with one attached hydrogen (secondary N) is 2. The molecule has 2 aromatic rings. The van der Waals surface area contributed by atoms with Gasteiger partial charge in [-0.2, -0.15) is 8.78 Å². The Balaban J connectivity index is 1.82. The summed E-state index contributed by atoms with van der Waals surface area (Å²) in [6.07, 6.45) is 0.653. The highest BCUT2D eigenvalue weighted by molar-refractivity contribution is 5.79. The van der Waals surface area contributed by atoms with Gasteiger partial charge in [0.1, 0.15) is 11.6 Å². The standard InChI is InChI=1S/C21H26F3N3O2/c1-2-25-21(26-12-4-6-15-5-3-7-17(22)13-15)27-14-19(28)16-8-10-18(11-9-16)29-20(23)24/h3,5,7-11,13,19-20,28H,2,4,6,12,14H2,1H3,(H2,25,26,27). The Labute approximate surface area is 168 Å². The molecule has 0 amide bonds. The van der Waals surface area contributed by atoms with Crippen molar-refractivity contribution in [3.05, 3.63) is 65.5 Å². The zero-order valence-corrected chi connectivity index (χ0v) is 16.2. The summed E-state index contributed by atoms with van der Waals surface area (Å²) in [6.45, 7) is 0.449. The monoisotopic (exact) mass is 409 g/mol. The summed E-state index contributed by atoms with van der Waals surface area (Å²) in [5, 5.41) is 16.5. The fraction of sp³-hybridized carbons (Fsp3) is 0.381. The Morgan fingerprint density at radius 3 is 2.55 bits per heavy atom. The topological polar surface area (TPSA) is 65.9 Å². The van der Waals surface area contributed by atoms with Gasteiger partial charge in [0, 0.05) is 13.1 Å². The number of aliphatic hydroxyl groups is 1. The molecule has 1 atom stereocenters. The molecule has 0 aliphatic heterocycles. The number of guanidine groups is 1. The van der Waals surface area contributed by atoms with E-state index in [1.165, 1.54) is 36.4 Å². The number of benzene rings is 2. The number of rotatable bonds is 10. The first-order valence-electron chi connectivity index (χ1n) is 9.47. The molecular formula is C21H26F3N3O2. The van der Waals surface area contributed by atoms with E-state index in [1.807, 2.05) is 13.0 Å². The van der Waals surface area contributed by atoms with Gasteiger partial charge in [-0.15, -0.1) is 0 Å². The molecule has 8 heteroatoms. The number of halogens is 3. The van der Waals surface area contributed by atoms with Crippen molar-refractivity contribution in [3.63, 3.8) is 0 Å². The summed E-state index contributed by atoms with van der Waals surface area (Å²) in [5.41, 5.74) is 1.49. The molecule has 2 aromatic carbocycles. The fourth-order valence-corrected chi connectivity index (χ4v) is 2.69. The van der Waals surface area contributed by atoms with Crippen molar-refractivity contribution in [3.8, 4) is 5.75 Å². The molecular weight excluding hydrogens is 383 g/mol. The van der Waals surface area contributed by atoms with E-state index in [1.54, 1.807) is 6.07 Å². The Morgan fingerprint density at radius 1 is 1.14 bits per heavy atom. The number of aryl methyl sites for hydroxylation is 1. The second kappa shape index (κ2) is 12.0. The normalized spacial score (nSPS) is 12.7. The predicted octanol–water partition coefficient (Wildman–Crippen LogP) is 3.65. The van der Waals surface area contributed by atoms with Crippen LogP contribution in [0.1, 0.15) is 30.6 Å². The Hall–Kier alpha value is -2.74. The van der Waals surface area contributed by atoms with E-state index in [9.17, 15) is 18.3 Å². The highest BCUT2D eigenvalue weighted by Crippen LogP contribution is 2.19. The Bertz CT molecular complexity index is 770. The first kappa shape index (κ1) is 22.5. The highest BCUT2D eigenvalue weighted by Gasteiger charge is 2.09. The van der Waals surface area contributed by atoms with Crippen LogP contribution in [0.2, 0.25) is 0 Å². The van der Waals surface area contributed by atoms with Crippen molar-refractivity contribution in [2.75, 3.05) is 19.6 Å². The van der Waals surface area contributed by atoms with Crippen molar-refractivity contribution in [1.82, 2.24) is 10.6 Å². The maximum atomic E-state index is 13.2. The summed E-state index contributed by atoms with van der Waals surface area (Å²) in [7, 11) is 0. The largest absolute Gasteiger partial charge is 0.435 e. The van der Waals surface area contributed by atoms with E-state index >= 15 is 0 Å². The SMILES string of the molecule is CCNC(=NCC(O)c1ccc(OC(F)F)cc1)NCCCc1cccc(F)c1. The van der Waals surface area contributed by atoms with Gasteiger partial charge >= 0.3 is 6.61 Å². The summed E-state index contributed by atoms with van der Waals surface area (Å²) < 4.78 is 41.8. The van der Waals surface area contributed by atoms with Gasteiger partial charge < -0.3 is 20.5 Å². The summed E-state index contributed by atoms with van der Waals surface area (Å²) in [4.78, 5) is 4.35. The third kappa shape index (κ3) is 8.43. The van der Waals surface area contributed by atoms with Crippen molar-refractivity contribution in [2.45, 2.75) is 32.5 Å². The maximum absolute atomic E-state index is 13.2. The fourth-order valence-electron chi connectivity index (χ4n) is 2.69. The van der Waals surface area contributed by atoms with Gasteiger partial charge in [0.25, 0.3) is 0 Å². The molecule has 0 bridgehead atoms. The Morgan fingerprint density at radius 2 is 1.90 bits per heavy atom. The van der Waals surface area contributed by atoms with E-state index in [0.29, 0.717) is 24.6 Å². The second-order valence-corrected chi connectivity index (χ2v) is 6.34. The van der Waals surface area contributed by atoms with Crippen LogP contribution in [-0.4, -0.2) is 37.3 Å². The van der Waals surface area contributed by atoms with Crippen LogP contribution in [0.15, 0.2) is 53.5 Å². The summed E-state index contributed by atoms with van der Waals surface area (Å²) in [5.74, 6) is 0.351. The molecule has 0 heterocycles. The molecule has 29 heavy (non-hydrogen) atoms. The average Bonchev–Trinajstić information content (AvgIpc) is 2.69. The molecule has 0 aliphatic rings. The quantitative estimate of drug-likeness (QED) is 0.318. The van der Waals surface area contributed by atoms with Crippen molar-refractivity contribution in [2.24, 2.45) is 4.99 Å². The lowest BCUT2D eigenvalue weighted by Crippen LogP contribution is -2.38. The van der Waals surface area contributed by atoms with Crippen LogP contribution in [0.5, 0.6) is 5.75 Å². The lowest BCUT2D eigenvalue weighted by Gasteiger charge is -2.14. The third-order valence-electron chi connectivity index (χ3n) is 4.08. The molecule has 1 unspecified atom stereocenters. The smallest absolute Gasteiger partial charge is 0.387 e. The highest BCUT2D eigenvalue weighted by atomic mass is 19.3. The van der Waals surface area contributed by atoms with Gasteiger partial charge in [0.15, 0.2) is 5.96 Å². The zero-order valence-electron chi connectivity index (χ0n) is 16.2. The minimum absolute atomic E-state index is 0.0350. The molecule has 158 valence electrons. The number of aliphatic imine (C=N–C) groups is 1. The summed E-state index contributed by atoms with van der Waals surface area (Å²) >= 11 is 0. The number of hydrogen-bond acceptors (Lipinski definition) is 3. The first-order chi connectivity index (χ1) is 14.0. The van der Waals surface area contributed by atoms with Crippen LogP contribution in [0.3, 0.4) is 0 Å². The molecule has 5 nitrogen and oxygen atoms in total. The molecule has 0 saturated heterocycles. The average molecular weight is 409 g/mol. The lowest BCUT2D eigenvalue weighted by molar-refractivity contribution is -0.0498. The molecule has 0 saturated carbocycles. The summed E-state index contributed by atoms with van der Waals surface area (Å²) in [6, 6.07) is 12.3. The molecule has 0 spiro atoms. The third-order valence-corrected chi connectivity index (χ3v) is 4.08. The van der Waals surface area contributed by atoms with Gasteiger partial charge in [0.2, 0.25) is 0 Å². The predicted molar refractivity (Wildman–Crippen MR) is 107 cm³/mol.